The molecule has 3 rings (SSSR count). The van der Waals surface area contributed by atoms with Crippen molar-refractivity contribution < 1.29 is 19.1 Å². The number of nitrogens with zero attached hydrogens (tertiary/aromatic N) is 1. The third-order valence-corrected chi connectivity index (χ3v) is 3.56. The lowest BCUT2D eigenvalue weighted by Gasteiger charge is -2.20. The van der Waals surface area contributed by atoms with Crippen molar-refractivity contribution in [2.45, 2.75) is 26.4 Å². The number of nitrogens with one attached hydrogen (secondary N) is 1. The van der Waals surface area contributed by atoms with Gasteiger partial charge in [-0.15, -0.1) is 0 Å². The second-order valence-corrected chi connectivity index (χ2v) is 6.64. The first-order valence-corrected chi connectivity index (χ1v) is 7.85. The summed E-state index contributed by atoms with van der Waals surface area (Å²) < 4.78 is 5.22. The molecule has 1 heterocycles. The van der Waals surface area contributed by atoms with Crippen LogP contribution in [0, 0.1) is 0 Å². The van der Waals surface area contributed by atoms with Crippen LogP contribution in [0.4, 0.5) is 16.2 Å². The van der Waals surface area contributed by atoms with Crippen LogP contribution in [0.1, 0.15) is 41.5 Å². The third kappa shape index (κ3) is 3.24. The van der Waals surface area contributed by atoms with Crippen molar-refractivity contribution in [1.29, 1.82) is 0 Å². The summed E-state index contributed by atoms with van der Waals surface area (Å²) in [5.41, 5.74) is 0.489. The molecule has 3 amide bonds. The Morgan fingerprint density at radius 3 is 2.28 bits per heavy atom. The third-order valence-electron chi connectivity index (χ3n) is 3.56. The first-order valence-electron chi connectivity index (χ1n) is 7.85. The lowest BCUT2D eigenvalue weighted by molar-refractivity contribution is 0.0635. The molecule has 0 saturated heterocycles. The standard InChI is InChI=1S/C19H18N2O4/c1-19(2,3)25-18(24)20-14-11-7-10-13-15(14)17(23)21(16(13)22)12-8-5-4-6-9-12/h4-11H,1-3H3,(H,20,24). The summed E-state index contributed by atoms with van der Waals surface area (Å²) >= 11 is 0. The molecule has 0 spiro atoms. The number of carbonyl (C=O) groups excluding carboxylic acids is 3. The van der Waals surface area contributed by atoms with E-state index in [2.05, 4.69) is 5.32 Å². The van der Waals surface area contributed by atoms with E-state index in [1.165, 1.54) is 0 Å². The smallest absolute Gasteiger partial charge is 0.412 e. The Labute approximate surface area is 145 Å². The van der Waals surface area contributed by atoms with Crippen LogP contribution in [0.5, 0.6) is 0 Å². The predicted octanol–water partition coefficient (Wildman–Crippen LogP) is 3.83. The van der Waals surface area contributed by atoms with Gasteiger partial charge in [-0.3, -0.25) is 14.9 Å². The molecule has 6 heteroatoms. The largest absolute Gasteiger partial charge is 0.444 e. The van der Waals surface area contributed by atoms with E-state index in [0.717, 1.165) is 4.90 Å². The molecule has 2 aromatic rings. The Kier molecular flexibility index (Phi) is 4.04. The van der Waals surface area contributed by atoms with Crippen molar-refractivity contribution in [1.82, 2.24) is 0 Å². The highest BCUT2D eigenvalue weighted by Gasteiger charge is 2.38. The topological polar surface area (TPSA) is 75.7 Å². The number of amides is 3. The fraction of sp³-hybridized carbons (Fsp3) is 0.211. The second-order valence-electron chi connectivity index (χ2n) is 6.64. The molecule has 128 valence electrons. The van der Waals surface area contributed by atoms with Gasteiger partial charge in [0.25, 0.3) is 11.8 Å². The van der Waals surface area contributed by atoms with Crippen LogP contribution in [0.2, 0.25) is 0 Å². The number of ether oxygens (including phenoxy) is 1. The van der Waals surface area contributed by atoms with Gasteiger partial charge in [0.1, 0.15) is 5.60 Å². The molecule has 0 saturated carbocycles. The summed E-state index contributed by atoms with van der Waals surface area (Å²) in [6.45, 7) is 5.23. The van der Waals surface area contributed by atoms with E-state index >= 15 is 0 Å². The zero-order valence-electron chi connectivity index (χ0n) is 14.2. The van der Waals surface area contributed by atoms with Crippen LogP contribution in [0.25, 0.3) is 0 Å². The van der Waals surface area contributed by atoms with Crippen LogP contribution in [0.15, 0.2) is 48.5 Å². The molecular weight excluding hydrogens is 320 g/mol. The van der Waals surface area contributed by atoms with Gasteiger partial charge < -0.3 is 4.74 Å². The fourth-order valence-corrected chi connectivity index (χ4v) is 2.61. The predicted molar refractivity (Wildman–Crippen MR) is 93.9 cm³/mol. The van der Waals surface area contributed by atoms with E-state index in [-0.39, 0.29) is 16.8 Å². The summed E-state index contributed by atoms with van der Waals surface area (Å²) in [7, 11) is 0. The number of anilines is 2. The van der Waals surface area contributed by atoms with Gasteiger partial charge >= 0.3 is 6.09 Å². The Morgan fingerprint density at radius 1 is 0.960 bits per heavy atom. The fourth-order valence-electron chi connectivity index (χ4n) is 2.61. The van der Waals surface area contributed by atoms with E-state index in [4.69, 9.17) is 4.74 Å². The first-order chi connectivity index (χ1) is 11.8. The molecule has 25 heavy (non-hydrogen) atoms. The van der Waals surface area contributed by atoms with Gasteiger partial charge in [-0.1, -0.05) is 24.3 Å². The van der Waals surface area contributed by atoms with E-state index in [0.29, 0.717) is 5.69 Å². The van der Waals surface area contributed by atoms with Crippen LogP contribution in [0.3, 0.4) is 0 Å². The van der Waals surface area contributed by atoms with Crippen LogP contribution in [-0.4, -0.2) is 23.5 Å². The average Bonchev–Trinajstić information content (AvgIpc) is 2.79. The molecule has 2 aromatic carbocycles. The molecule has 1 aliphatic rings. The zero-order valence-corrected chi connectivity index (χ0v) is 14.2. The second kappa shape index (κ2) is 6.05. The number of rotatable bonds is 2. The summed E-state index contributed by atoms with van der Waals surface area (Å²) in [5.74, 6) is -0.892. The normalized spacial score (nSPS) is 13.6. The number of benzene rings is 2. The van der Waals surface area contributed by atoms with E-state index in [1.54, 1.807) is 69.3 Å². The monoisotopic (exact) mass is 338 g/mol. The first kappa shape index (κ1) is 16.7. The highest BCUT2D eigenvalue weighted by molar-refractivity contribution is 6.36. The maximum absolute atomic E-state index is 12.8. The molecule has 0 aromatic heterocycles. The molecule has 0 fully saturated rings. The number of imide groups is 1. The molecule has 0 bridgehead atoms. The highest BCUT2D eigenvalue weighted by Crippen LogP contribution is 2.32. The number of para-hydroxylation sites is 1. The van der Waals surface area contributed by atoms with Gasteiger partial charge in [0.05, 0.1) is 22.5 Å². The maximum atomic E-state index is 12.8. The van der Waals surface area contributed by atoms with Crippen molar-refractivity contribution in [2.75, 3.05) is 10.2 Å². The molecule has 0 unspecified atom stereocenters. The average molecular weight is 338 g/mol. The number of fused-ring (bicyclic) bond motifs is 1. The van der Waals surface area contributed by atoms with E-state index in [1.807, 2.05) is 0 Å². The van der Waals surface area contributed by atoms with Crippen LogP contribution >= 0.6 is 0 Å². The Hall–Kier alpha value is -3.15. The van der Waals surface area contributed by atoms with Gasteiger partial charge in [0.2, 0.25) is 0 Å². The number of carbonyl (C=O) groups is 3. The highest BCUT2D eigenvalue weighted by atomic mass is 16.6. The van der Waals surface area contributed by atoms with Crippen molar-refractivity contribution >= 4 is 29.3 Å². The quantitative estimate of drug-likeness (QED) is 0.844. The Morgan fingerprint density at radius 2 is 1.64 bits per heavy atom. The minimum Gasteiger partial charge on any atom is -0.444 e. The van der Waals surface area contributed by atoms with Crippen molar-refractivity contribution in [3.63, 3.8) is 0 Å². The molecule has 0 atom stereocenters. The summed E-state index contributed by atoms with van der Waals surface area (Å²) in [6.07, 6.45) is -0.681. The molecule has 6 nitrogen and oxygen atoms in total. The van der Waals surface area contributed by atoms with Gasteiger partial charge in [-0.25, -0.2) is 9.69 Å². The molecule has 1 N–H and O–H groups in total. The molecule has 0 radical (unpaired) electrons. The van der Waals surface area contributed by atoms with E-state index < -0.39 is 23.5 Å². The molecular formula is C19H18N2O4. The van der Waals surface area contributed by atoms with Gasteiger partial charge in [0, 0.05) is 0 Å². The number of hydrogen-bond acceptors (Lipinski definition) is 4. The minimum absolute atomic E-state index is 0.169. The molecule has 1 aliphatic heterocycles. The van der Waals surface area contributed by atoms with E-state index in [9.17, 15) is 14.4 Å². The van der Waals surface area contributed by atoms with Gasteiger partial charge in [0.15, 0.2) is 0 Å². The van der Waals surface area contributed by atoms with Gasteiger partial charge in [-0.05, 0) is 45.0 Å². The summed E-state index contributed by atoms with van der Waals surface area (Å²) in [6, 6.07) is 13.4. The van der Waals surface area contributed by atoms with Crippen molar-refractivity contribution in [2.24, 2.45) is 0 Å². The Balaban J connectivity index is 1.95. The maximum Gasteiger partial charge on any atom is 0.412 e. The number of hydrogen-bond donors (Lipinski definition) is 1. The molecule has 0 aliphatic carbocycles. The Bertz CT molecular complexity index is 853. The van der Waals surface area contributed by atoms with Crippen LogP contribution in [-0.2, 0) is 4.74 Å². The summed E-state index contributed by atoms with van der Waals surface area (Å²) in [5, 5.41) is 2.56. The lowest BCUT2D eigenvalue weighted by Crippen LogP contribution is -2.30. The zero-order chi connectivity index (χ0) is 18.2. The SMILES string of the molecule is CC(C)(C)OC(=O)Nc1cccc2c1C(=O)N(c1ccccc1)C2=O. The van der Waals surface area contributed by atoms with Crippen molar-refractivity contribution in [3.8, 4) is 0 Å². The van der Waals surface area contributed by atoms with Gasteiger partial charge in [-0.2, -0.15) is 0 Å². The minimum atomic E-state index is -0.681. The van der Waals surface area contributed by atoms with Crippen molar-refractivity contribution in [3.05, 3.63) is 59.7 Å². The lowest BCUT2D eigenvalue weighted by atomic mass is 10.1. The van der Waals surface area contributed by atoms with Crippen LogP contribution < -0.4 is 10.2 Å². The summed E-state index contributed by atoms with van der Waals surface area (Å²) in [4.78, 5) is 38.6.